The summed E-state index contributed by atoms with van der Waals surface area (Å²) in [5.41, 5.74) is 0.857. The second kappa shape index (κ2) is 6.79. The van der Waals surface area contributed by atoms with Crippen molar-refractivity contribution in [2.45, 2.75) is 44.7 Å². The predicted molar refractivity (Wildman–Crippen MR) is 94.5 cm³/mol. The molecule has 2 N–H and O–H groups in total. The summed E-state index contributed by atoms with van der Waals surface area (Å²) < 4.78 is 13.4. The van der Waals surface area contributed by atoms with Gasteiger partial charge in [-0.25, -0.2) is 4.39 Å². The van der Waals surface area contributed by atoms with E-state index in [0.717, 1.165) is 25.7 Å². The summed E-state index contributed by atoms with van der Waals surface area (Å²) in [6.07, 6.45) is 4.81. The van der Waals surface area contributed by atoms with E-state index >= 15 is 0 Å². The smallest absolute Gasteiger partial charge is 0.243 e. The molecular weight excluding hydrogens is 343 g/mol. The van der Waals surface area contributed by atoms with Crippen LogP contribution in [0.3, 0.4) is 0 Å². The van der Waals surface area contributed by atoms with Crippen LogP contribution in [0.25, 0.3) is 0 Å². The molecule has 2 saturated carbocycles. The highest BCUT2D eigenvalue weighted by Gasteiger charge is 2.54. The standard InChI is InChI=1S/C19H22ClFN2O2/c1-3-17(24)23-16-9-19(10-16)7-13(8-19)18(25)22-11(2)12-4-14(20)6-15(21)5-12/h3-6,11,13,16H,1,7-10H2,2H3,(H,22,25)(H,23,24)/t11-,13?,16?,19?/m1/s1. The number of hydrogen-bond donors (Lipinski definition) is 2. The van der Waals surface area contributed by atoms with E-state index in [1.807, 2.05) is 6.92 Å². The molecule has 134 valence electrons. The van der Waals surface area contributed by atoms with Gasteiger partial charge in [0.1, 0.15) is 5.82 Å². The Hall–Kier alpha value is -1.88. The summed E-state index contributed by atoms with van der Waals surface area (Å²) in [7, 11) is 0. The number of halogens is 2. The van der Waals surface area contributed by atoms with E-state index in [2.05, 4.69) is 17.2 Å². The maximum Gasteiger partial charge on any atom is 0.243 e. The zero-order valence-electron chi connectivity index (χ0n) is 14.1. The number of nitrogens with one attached hydrogen (secondary N) is 2. The van der Waals surface area contributed by atoms with E-state index in [1.54, 1.807) is 6.07 Å². The minimum absolute atomic E-state index is 0.00270. The number of carbonyl (C=O) groups is 2. The Morgan fingerprint density at radius 3 is 2.60 bits per heavy atom. The molecule has 3 rings (SSSR count). The first-order chi connectivity index (χ1) is 11.8. The van der Waals surface area contributed by atoms with Crippen LogP contribution in [-0.4, -0.2) is 17.9 Å². The number of benzene rings is 1. The highest BCUT2D eigenvalue weighted by Crippen LogP contribution is 2.58. The van der Waals surface area contributed by atoms with Gasteiger partial charge in [-0.1, -0.05) is 18.2 Å². The minimum Gasteiger partial charge on any atom is -0.350 e. The van der Waals surface area contributed by atoms with Crippen LogP contribution in [0.1, 0.15) is 44.2 Å². The van der Waals surface area contributed by atoms with Gasteiger partial charge in [-0.3, -0.25) is 9.59 Å². The van der Waals surface area contributed by atoms with Gasteiger partial charge in [0, 0.05) is 17.0 Å². The van der Waals surface area contributed by atoms with Crippen molar-refractivity contribution >= 4 is 23.4 Å². The van der Waals surface area contributed by atoms with Gasteiger partial charge in [0.15, 0.2) is 0 Å². The molecule has 1 atom stereocenters. The SMILES string of the molecule is C=CC(=O)NC1CC2(C1)CC(C(=O)N[C@H](C)c1cc(F)cc(Cl)c1)C2. The van der Waals surface area contributed by atoms with Gasteiger partial charge < -0.3 is 10.6 Å². The molecule has 0 aliphatic heterocycles. The van der Waals surface area contributed by atoms with E-state index < -0.39 is 5.82 Å². The molecule has 0 aromatic heterocycles. The third kappa shape index (κ3) is 3.87. The van der Waals surface area contributed by atoms with Crippen molar-refractivity contribution in [1.82, 2.24) is 10.6 Å². The van der Waals surface area contributed by atoms with Crippen LogP contribution >= 0.6 is 11.6 Å². The van der Waals surface area contributed by atoms with Crippen LogP contribution in [0, 0.1) is 17.2 Å². The van der Waals surface area contributed by atoms with Gasteiger partial charge in [0.2, 0.25) is 11.8 Å². The molecule has 2 fully saturated rings. The van der Waals surface area contributed by atoms with E-state index in [9.17, 15) is 14.0 Å². The average molecular weight is 365 g/mol. The van der Waals surface area contributed by atoms with Gasteiger partial charge >= 0.3 is 0 Å². The minimum atomic E-state index is -0.409. The Bertz CT molecular complexity index is 687. The molecule has 1 aromatic carbocycles. The molecule has 25 heavy (non-hydrogen) atoms. The van der Waals surface area contributed by atoms with Crippen molar-refractivity contribution in [2.75, 3.05) is 0 Å². The van der Waals surface area contributed by atoms with E-state index in [1.165, 1.54) is 18.2 Å². The van der Waals surface area contributed by atoms with Crippen molar-refractivity contribution in [2.24, 2.45) is 11.3 Å². The third-order valence-electron chi connectivity index (χ3n) is 5.36. The zero-order chi connectivity index (χ0) is 18.2. The van der Waals surface area contributed by atoms with Crippen molar-refractivity contribution in [3.8, 4) is 0 Å². The lowest BCUT2D eigenvalue weighted by molar-refractivity contribution is -0.140. The van der Waals surface area contributed by atoms with Crippen LogP contribution in [0.2, 0.25) is 5.02 Å². The van der Waals surface area contributed by atoms with Crippen LogP contribution < -0.4 is 10.6 Å². The Labute approximate surface area is 151 Å². The lowest BCUT2D eigenvalue weighted by Crippen LogP contribution is -2.58. The number of amides is 2. The molecule has 2 aliphatic carbocycles. The molecule has 6 heteroatoms. The lowest BCUT2D eigenvalue weighted by Gasteiger charge is -2.57. The molecule has 0 saturated heterocycles. The monoisotopic (exact) mass is 364 g/mol. The molecule has 0 radical (unpaired) electrons. The van der Waals surface area contributed by atoms with Gasteiger partial charge in [0.05, 0.1) is 6.04 Å². The third-order valence-corrected chi connectivity index (χ3v) is 5.58. The van der Waals surface area contributed by atoms with Crippen LogP contribution in [0.15, 0.2) is 30.9 Å². The fourth-order valence-electron chi connectivity index (χ4n) is 4.09. The predicted octanol–water partition coefficient (Wildman–Crippen LogP) is 3.52. The molecule has 0 bridgehead atoms. The van der Waals surface area contributed by atoms with E-state index in [4.69, 9.17) is 11.6 Å². The zero-order valence-corrected chi connectivity index (χ0v) is 14.9. The van der Waals surface area contributed by atoms with Crippen LogP contribution in [0.5, 0.6) is 0 Å². The van der Waals surface area contributed by atoms with Crippen molar-refractivity contribution in [1.29, 1.82) is 0 Å². The summed E-state index contributed by atoms with van der Waals surface area (Å²) in [6.45, 7) is 5.27. The normalized spacial score (nSPS) is 28.4. The van der Waals surface area contributed by atoms with E-state index in [-0.39, 0.29) is 35.2 Å². The second-order valence-corrected chi connectivity index (χ2v) is 7.79. The molecule has 2 amide bonds. The van der Waals surface area contributed by atoms with Gasteiger partial charge in [-0.05, 0) is 67.9 Å². The topological polar surface area (TPSA) is 58.2 Å². The summed E-state index contributed by atoms with van der Waals surface area (Å²) in [5, 5.41) is 6.16. The fraction of sp³-hybridized carbons (Fsp3) is 0.474. The highest BCUT2D eigenvalue weighted by molar-refractivity contribution is 6.30. The summed E-state index contributed by atoms with van der Waals surface area (Å²) in [5.74, 6) is -0.566. The van der Waals surface area contributed by atoms with Gasteiger partial charge in [-0.2, -0.15) is 0 Å². The Kier molecular flexibility index (Phi) is 4.87. The highest BCUT2D eigenvalue weighted by atomic mass is 35.5. The molecule has 1 spiro atoms. The van der Waals surface area contributed by atoms with Crippen LogP contribution in [-0.2, 0) is 9.59 Å². The lowest BCUT2D eigenvalue weighted by atomic mass is 9.50. The largest absolute Gasteiger partial charge is 0.350 e. The summed E-state index contributed by atoms with van der Waals surface area (Å²) >= 11 is 5.87. The van der Waals surface area contributed by atoms with Crippen molar-refractivity contribution < 1.29 is 14.0 Å². The molecule has 4 nitrogen and oxygen atoms in total. The number of hydrogen-bond acceptors (Lipinski definition) is 2. The number of rotatable bonds is 5. The fourth-order valence-corrected chi connectivity index (χ4v) is 4.32. The first-order valence-electron chi connectivity index (χ1n) is 8.49. The first-order valence-corrected chi connectivity index (χ1v) is 8.87. The van der Waals surface area contributed by atoms with Crippen LogP contribution in [0.4, 0.5) is 4.39 Å². The van der Waals surface area contributed by atoms with E-state index in [0.29, 0.717) is 10.6 Å². The average Bonchev–Trinajstić information content (AvgIpc) is 2.46. The number of carbonyl (C=O) groups excluding carboxylic acids is 2. The quantitative estimate of drug-likeness (QED) is 0.785. The molecule has 1 aromatic rings. The van der Waals surface area contributed by atoms with Crippen molar-refractivity contribution in [3.63, 3.8) is 0 Å². The first kappa shape index (κ1) is 17.9. The van der Waals surface area contributed by atoms with Gasteiger partial charge in [-0.15, -0.1) is 0 Å². The summed E-state index contributed by atoms with van der Waals surface area (Å²) in [6, 6.07) is 4.20. The molecule has 0 unspecified atom stereocenters. The Balaban J connectivity index is 1.47. The maximum atomic E-state index is 13.4. The molecule has 2 aliphatic rings. The molecular formula is C19H22ClFN2O2. The molecule has 0 heterocycles. The maximum absolute atomic E-state index is 13.4. The summed E-state index contributed by atoms with van der Waals surface area (Å²) in [4.78, 5) is 23.7. The van der Waals surface area contributed by atoms with Crippen molar-refractivity contribution in [3.05, 3.63) is 47.3 Å². The van der Waals surface area contributed by atoms with Gasteiger partial charge in [0.25, 0.3) is 0 Å². The Morgan fingerprint density at radius 1 is 1.32 bits per heavy atom. The Morgan fingerprint density at radius 2 is 2.00 bits per heavy atom. The second-order valence-electron chi connectivity index (χ2n) is 7.36.